The zero-order chi connectivity index (χ0) is 11.4. The van der Waals surface area contributed by atoms with Crippen molar-refractivity contribution < 1.29 is 14.6 Å². The molecule has 1 aromatic heterocycles. The first-order valence-corrected chi connectivity index (χ1v) is 4.83. The van der Waals surface area contributed by atoms with E-state index in [1.165, 1.54) is 7.11 Å². The molecule has 1 heterocycles. The van der Waals surface area contributed by atoms with E-state index in [2.05, 4.69) is 5.10 Å². The van der Waals surface area contributed by atoms with Crippen molar-refractivity contribution >= 4 is 5.97 Å². The maximum atomic E-state index is 10.7. The molecule has 0 aliphatic heterocycles. The lowest BCUT2D eigenvalue weighted by atomic mass is 10.1. The number of ether oxygens (including phenoxy) is 1. The minimum Gasteiger partial charge on any atom is -0.479 e. The van der Waals surface area contributed by atoms with Crippen molar-refractivity contribution in [1.29, 1.82) is 0 Å². The summed E-state index contributed by atoms with van der Waals surface area (Å²) in [5.41, 5.74) is 0.873. The number of aromatic nitrogens is 2. The van der Waals surface area contributed by atoms with Crippen LogP contribution in [-0.4, -0.2) is 34.1 Å². The molecule has 1 aromatic rings. The molecule has 5 heteroatoms. The largest absolute Gasteiger partial charge is 0.479 e. The molecule has 84 valence electrons. The molecule has 15 heavy (non-hydrogen) atoms. The molecule has 1 atom stereocenters. The van der Waals surface area contributed by atoms with Crippen molar-refractivity contribution in [3.63, 3.8) is 0 Å². The summed E-state index contributed by atoms with van der Waals surface area (Å²) in [4.78, 5) is 10.7. The number of methoxy groups -OCH3 is 1. The predicted octanol–water partition coefficient (Wildman–Crippen LogP) is 1.11. The molecular weight excluding hydrogens is 196 g/mol. The van der Waals surface area contributed by atoms with E-state index in [0.717, 1.165) is 5.56 Å². The highest BCUT2D eigenvalue weighted by Crippen LogP contribution is 2.08. The van der Waals surface area contributed by atoms with Crippen molar-refractivity contribution in [2.45, 2.75) is 32.4 Å². The molecule has 0 aliphatic carbocycles. The van der Waals surface area contributed by atoms with Gasteiger partial charge in [-0.15, -0.1) is 0 Å². The molecule has 0 aliphatic rings. The van der Waals surface area contributed by atoms with Crippen molar-refractivity contribution in [2.75, 3.05) is 7.11 Å². The van der Waals surface area contributed by atoms with Crippen LogP contribution < -0.4 is 0 Å². The number of carboxylic acid groups (broad SMARTS) is 1. The Hall–Kier alpha value is -1.36. The summed E-state index contributed by atoms with van der Waals surface area (Å²) in [7, 11) is 1.39. The third-order valence-electron chi connectivity index (χ3n) is 2.17. The summed E-state index contributed by atoms with van der Waals surface area (Å²) < 4.78 is 6.64. The molecule has 0 spiro atoms. The number of rotatable bonds is 5. The van der Waals surface area contributed by atoms with Gasteiger partial charge in [-0.2, -0.15) is 5.10 Å². The summed E-state index contributed by atoms with van der Waals surface area (Å²) in [6.07, 6.45) is 3.07. The number of aliphatic carboxylic acids is 1. The second-order valence-corrected chi connectivity index (χ2v) is 3.69. The molecule has 0 saturated heterocycles. The molecular formula is C10H16N2O3. The van der Waals surface area contributed by atoms with Crippen molar-refractivity contribution in [3.8, 4) is 0 Å². The molecule has 0 bridgehead atoms. The fourth-order valence-corrected chi connectivity index (χ4v) is 1.25. The van der Waals surface area contributed by atoms with Crippen LogP contribution in [0.4, 0.5) is 0 Å². The fraction of sp³-hybridized carbons (Fsp3) is 0.600. The van der Waals surface area contributed by atoms with E-state index < -0.39 is 12.1 Å². The zero-order valence-electron chi connectivity index (χ0n) is 9.17. The van der Waals surface area contributed by atoms with Crippen LogP contribution in [0.25, 0.3) is 0 Å². The average molecular weight is 212 g/mol. The fourth-order valence-electron chi connectivity index (χ4n) is 1.25. The third-order valence-corrected chi connectivity index (χ3v) is 2.17. The molecule has 1 unspecified atom stereocenters. The number of carbonyl (C=O) groups is 1. The molecule has 0 amide bonds. The Morgan fingerprint density at radius 2 is 2.33 bits per heavy atom. The van der Waals surface area contributed by atoms with Crippen LogP contribution in [0, 0.1) is 0 Å². The van der Waals surface area contributed by atoms with Gasteiger partial charge in [0.15, 0.2) is 6.10 Å². The van der Waals surface area contributed by atoms with Crippen LogP contribution in [0.3, 0.4) is 0 Å². The Morgan fingerprint density at radius 1 is 1.67 bits per heavy atom. The van der Waals surface area contributed by atoms with Gasteiger partial charge in [0.2, 0.25) is 0 Å². The van der Waals surface area contributed by atoms with E-state index >= 15 is 0 Å². The monoisotopic (exact) mass is 212 g/mol. The molecule has 1 N–H and O–H groups in total. The zero-order valence-corrected chi connectivity index (χ0v) is 9.17. The Labute approximate surface area is 88.7 Å². The van der Waals surface area contributed by atoms with E-state index in [1.54, 1.807) is 10.9 Å². The lowest BCUT2D eigenvalue weighted by Gasteiger charge is -2.08. The second kappa shape index (κ2) is 4.93. The minimum atomic E-state index is -0.949. The Kier molecular flexibility index (Phi) is 3.85. The van der Waals surface area contributed by atoms with Gasteiger partial charge >= 0.3 is 5.97 Å². The summed E-state index contributed by atoms with van der Waals surface area (Å²) in [5, 5.41) is 12.9. The number of hydrogen-bond acceptors (Lipinski definition) is 3. The van der Waals surface area contributed by atoms with E-state index in [9.17, 15) is 4.79 Å². The highest BCUT2D eigenvalue weighted by molar-refractivity contribution is 5.72. The van der Waals surface area contributed by atoms with Crippen LogP contribution in [0.5, 0.6) is 0 Å². The van der Waals surface area contributed by atoms with Gasteiger partial charge in [-0.3, -0.25) is 4.68 Å². The number of nitrogens with zero attached hydrogens (tertiary/aromatic N) is 2. The van der Waals surface area contributed by atoms with Gasteiger partial charge in [0.1, 0.15) is 0 Å². The van der Waals surface area contributed by atoms with E-state index in [0.29, 0.717) is 6.42 Å². The lowest BCUT2D eigenvalue weighted by Crippen LogP contribution is -2.24. The van der Waals surface area contributed by atoms with E-state index in [1.807, 2.05) is 20.0 Å². The average Bonchev–Trinajstić information content (AvgIpc) is 2.61. The number of carboxylic acids is 1. The maximum absolute atomic E-state index is 10.7. The third kappa shape index (κ3) is 3.06. The topological polar surface area (TPSA) is 64.4 Å². The minimum absolute atomic E-state index is 0.282. The SMILES string of the molecule is COC(Cc1cnn(C(C)C)c1)C(=O)O. The van der Waals surface area contributed by atoms with Crippen LogP contribution in [0.2, 0.25) is 0 Å². The Morgan fingerprint density at radius 3 is 2.73 bits per heavy atom. The summed E-state index contributed by atoms with van der Waals surface area (Å²) in [6.45, 7) is 4.03. The Balaban J connectivity index is 2.67. The highest BCUT2D eigenvalue weighted by Gasteiger charge is 2.17. The van der Waals surface area contributed by atoms with Crippen LogP contribution in [0.15, 0.2) is 12.4 Å². The quantitative estimate of drug-likeness (QED) is 0.794. The first kappa shape index (κ1) is 11.7. The summed E-state index contributed by atoms with van der Waals surface area (Å²) >= 11 is 0. The van der Waals surface area contributed by atoms with Crippen LogP contribution in [-0.2, 0) is 16.0 Å². The lowest BCUT2D eigenvalue weighted by molar-refractivity contribution is -0.148. The molecule has 1 rings (SSSR count). The molecule has 0 radical (unpaired) electrons. The van der Waals surface area contributed by atoms with Crippen molar-refractivity contribution in [1.82, 2.24) is 9.78 Å². The second-order valence-electron chi connectivity index (χ2n) is 3.69. The standard InChI is InChI=1S/C10H16N2O3/c1-7(2)12-6-8(5-11-12)4-9(15-3)10(13)14/h5-7,9H,4H2,1-3H3,(H,13,14). The van der Waals surface area contributed by atoms with Crippen molar-refractivity contribution in [3.05, 3.63) is 18.0 Å². The highest BCUT2D eigenvalue weighted by atomic mass is 16.5. The van der Waals surface area contributed by atoms with Crippen LogP contribution in [0.1, 0.15) is 25.5 Å². The molecule has 0 saturated carbocycles. The van der Waals surface area contributed by atoms with Gasteiger partial charge in [0, 0.05) is 25.8 Å². The maximum Gasteiger partial charge on any atom is 0.333 e. The summed E-state index contributed by atoms with van der Waals surface area (Å²) in [6, 6.07) is 0.282. The molecule has 5 nitrogen and oxygen atoms in total. The first-order valence-electron chi connectivity index (χ1n) is 4.83. The van der Waals surface area contributed by atoms with E-state index in [-0.39, 0.29) is 6.04 Å². The van der Waals surface area contributed by atoms with Crippen molar-refractivity contribution in [2.24, 2.45) is 0 Å². The van der Waals surface area contributed by atoms with Gasteiger partial charge in [-0.1, -0.05) is 0 Å². The van der Waals surface area contributed by atoms with Gasteiger partial charge in [-0.25, -0.2) is 4.79 Å². The summed E-state index contributed by atoms with van der Waals surface area (Å²) in [5.74, 6) is -0.949. The molecule has 0 fully saturated rings. The van der Waals surface area contributed by atoms with E-state index in [4.69, 9.17) is 9.84 Å². The van der Waals surface area contributed by atoms with Gasteiger partial charge in [-0.05, 0) is 19.4 Å². The molecule has 0 aromatic carbocycles. The van der Waals surface area contributed by atoms with Gasteiger partial charge in [0.05, 0.1) is 6.20 Å². The van der Waals surface area contributed by atoms with Gasteiger partial charge < -0.3 is 9.84 Å². The first-order chi connectivity index (χ1) is 7.04. The van der Waals surface area contributed by atoms with Crippen LogP contribution >= 0.6 is 0 Å². The predicted molar refractivity (Wildman–Crippen MR) is 54.7 cm³/mol. The van der Waals surface area contributed by atoms with Gasteiger partial charge in [0.25, 0.3) is 0 Å². The Bertz CT molecular complexity index is 333. The smallest absolute Gasteiger partial charge is 0.333 e. The normalized spacial score (nSPS) is 13.1. The number of hydrogen-bond donors (Lipinski definition) is 1.